The van der Waals surface area contributed by atoms with Crippen LogP contribution in [-0.2, 0) is 10.2 Å². The van der Waals surface area contributed by atoms with E-state index in [9.17, 15) is 4.79 Å². The second-order valence-corrected chi connectivity index (χ2v) is 6.88. The molecule has 0 bridgehead atoms. The largest absolute Gasteiger partial charge is 0.495 e. The molecule has 1 saturated carbocycles. The van der Waals surface area contributed by atoms with Crippen molar-refractivity contribution in [2.75, 3.05) is 25.5 Å². The number of amides is 1. The molecule has 2 aromatic rings. The maximum Gasteiger partial charge on any atom is 0.221 e. The number of nitrogens with one attached hydrogen (secondary N) is 2. The van der Waals surface area contributed by atoms with Crippen molar-refractivity contribution in [2.45, 2.75) is 24.7 Å². The Labute approximate surface area is 153 Å². The van der Waals surface area contributed by atoms with E-state index in [1.165, 1.54) is 5.56 Å². The predicted octanol–water partition coefficient (Wildman–Crippen LogP) is 4.00. The third-order valence-electron chi connectivity index (χ3n) is 4.69. The van der Waals surface area contributed by atoms with Crippen molar-refractivity contribution in [3.05, 3.63) is 59.1 Å². The maximum absolute atomic E-state index is 12.2. The van der Waals surface area contributed by atoms with Gasteiger partial charge in [0.1, 0.15) is 5.75 Å². The Bertz CT molecular complexity index is 730. The van der Waals surface area contributed by atoms with Crippen molar-refractivity contribution < 1.29 is 9.53 Å². The molecule has 0 radical (unpaired) electrons. The summed E-state index contributed by atoms with van der Waals surface area (Å²) in [5.41, 5.74) is 2.25. The van der Waals surface area contributed by atoms with E-state index >= 15 is 0 Å². The van der Waals surface area contributed by atoms with E-state index in [-0.39, 0.29) is 11.3 Å². The first-order valence-corrected chi connectivity index (χ1v) is 8.90. The number of halogens is 1. The molecule has 0 aliphatic heterocycles. The summed E-state index contributed by atoms with van der Waals surface area (Å²) in [4.78, 5) is 12.2. The van der Waals surface area contributed by atoms with E-state index in [0.29, 0.717) is 30.3 Å². The summed E-state index contributed by atoms with van der Waals surface area (Å²) >= 11 is 6.01. The fourth-order valence-electron chi connectivity index (χ4n) is 3.00. The van der Waals surface area contributed by atoms with E-state index in [0.717, 1.165) is 18.5 Å². The van der Waals surface area contributed by atoms with Crippen LogP contribution in [0.1, 0.15) is 24.8 Å². The first-order valence-electron chi connectivity index (χ1n) is 8.53. The van der Waals surface area contributed by atoms with Gasteiger partial charge < -0.3 is 15.4 Å². The fraction of sp³-hybridized carbons (Fsp3) is 0.350. The number of rotatable bonds is 8. The minimum atomic E-state index is 0.0516. The summed E-state index contributed by atoms with van der Waals surface area (Å²) in [5, 5.41) is 6.91. The predicted molar refractivity (Wildman–Crippen MR) is 101 cm³/mol. The van der Waals surface area contributed by atoms with Crippen LogP contribution >= 0.6 is 11.6 Å². The van der Waals surface area contributed by atoms with E-state index in [4.69, 9.17) is 16.3 Å². The summed E-state index contributed by atoms with van der Waals surface area (Å²) in [7, 11) is 1.61. The number of hydrogen-bond donors (Lipinski definition) is 2. The highest BCUT2D eigenvalue weighted by Gasteiger charge is 2.44. The SMILES string of the molecule is COc1ccc(Cl)cc1NCCC(=O)NCC1(c2ccccc2)CC1. The second kappa shape index (κ2) is 7.79. The Morgan fingerprint density at radius 2 is 1.96 bits per heavy atom. The van der Waals surface area contributed by atoms with Crippen LogP contribution in [-0.4, -0.2) is 26.1 Å². The van der Waals surface area contributed by atoms with Gasteiger partial charge in [-0.25, -0.2) is 0 Å². The summed E-state index contributed by atoms with van der Waals surface area (Å²) in [6.07, 6.45) is 2.67. The van der Waals surface area contributed by atoms with Crippen LogP contribution in [0.2, 0.25) is 5.02 Å². The zero-order valence-electron chi connectivity index (χ0n) is 14.3. The molecule has 0 atom stereocenters. The van der Waals surface area contributed by atoms with Crippen molar-refractivity contribution >= 4 is 23.2 Å². The molecule has 1 aliphatic rings. The van der Waals surface area contributed by atoms with Crippen LogP contribution in [0.5, 0.6) is 5.75 Å². The Morgan fingerprint density at radius 3 is 2.64 bits per heavy atom. The van der Waals surface area contributed by atoms with Gasteiger partial charge in [-0.2, -0.15) is 0 Å². The topological polar surface area (TPSA) is 50.4 Å². The van der Waals surface area contributed by atoms with E-state index in [2.05, 4.69) is 34.9 Å². The molecule has 3 rings (SSSR count). The van der Waals surface area contributed by atoms with Crippen molar-refractivity contribution in [3.63, 3.8) is 0 Å². The van der Waals surface area contributed by atoms with Crippen molar-refractivity contribution in [1.82, 2.24) is 5.32 Å². The molecule has 25 heavy (non-hydrogen) atoms. The third kappa shape index (κ3) is 4.45. The highest BCUT2D eigenvalue weighted by atomic mass is 35.5. The molecule has 0 spiro atoms. The van der Waals surface area contributed by atoms with Gasteiger partial charge >= 0.3 is 0 Å². The number of carbonyl (C=O) groups is 1. The average molecular weight is 359 g/mol. The van der Waals surface area contributed by atoms with Gasteiger partial charge in [0.15, 0.2) is 0 Å². The van der Waals surface area contributed by atoms with Crippen LogP contribution in [0.3, 0.4) is 0 Å². The number of hydrogen-bond acceptors (Lipinski definition) is 3. The van der Waals surface area contributed by atoms with Gasteiger partial charge in [-0.05, 0) is 36.6 Å². The number of benzene rings is 2. The number of carbonyl (C=O) groups excluding carboxylic acids is 1. The lowest BCUT2D eigenvalue weighted by atomic mass is 9.96. The molecule has 0 saturated heterocycles. The molecule has 0 heterocycles. The molecule has 4 nitrogen and oxygen atoms in total. The molecule has 0 aromatic heterocycles. The van der Waals surface area contributed by atoms with Crippen LogP contribution in [0, 0.1) is 0 Å². The van der Waals surface area contributed by atoms with E-state index in [1.54, 1.807) is 25.3 Å². The lowest BCUT2D eigenvalue weighted by Gasteiger charge is -2.17. The third-order valence-corrected chi connectivity index (χ3v) is 4.93. The van der Waals surface area contributed by atoms with Crippen LogP contribution < -0.4 is 15.4 Å². The highest BCUT2D eigenvalue weighted by Crippen LogP contribution is 2.47. The van der Waals surface area contributed by atoms with Crippen LogP contribution in [0.25, 0.3) is 0 Å². The first kappa shape index (κ1) is 17.6. The molecule has 1 aliphatic carbocycles. The minimum Gasteiger partial charge on any atom is -0.495 e. The van der Waals surface area contributed by atoms with Crippen molar-refractivity contribution in [1.29, 1.82) is 0 Å². The lowest BCUT2D eigenvalue weighted by molar-refractivity contribution is -0.120. The van der Waals surface area contributed by atoms with E-state index in [1.807, 2.05) is 6.07 Å². The average Bonchev–Trinajstić information content (AvgIpc) is 3.42. The Morgan fingerprint density at radius 1 is 1.20 bits per heavy atom. The number of ether oxygens (including phenoxy) is 1. The molecule has 2 aromatic carbocycles. The Kier molecular flexibility index (Phi) is 5.49. The van der Waals surface area contributed by atoms with Crippen molar-refractivity contribution in [3.8, 4) is 5.75 Å². The zero-order chi connectivity index (χ0) is 17.7. The summed E-state index contributed by atoms with van der Waals surface area (Å²) < 4.78 is 5.29. The maximum atomic E-state index is 12.2. The van der Waals surface area contributed by atoms with Crippen LogP contribution in [0.15, 0.2) is 48.5 Å². The van der Waals surface area contributed by atoms with Gasteiger partial charge in [-0.3, -0.25) is 4.79 Å². The smallest absolute Gasteiger partial charge is 0.221 e. The minimum absolute atomic E-state index is 0.0516. The van der Waals surface area contributed by atoms with Crippen molar-refractivity contribution in [2.24, 2.45) is 0 Å². The number of methoxy groups -OCH3 is 1. The number of anilines is 1. The van der Waals surface area contributed by atoms with Gasteiger partial charge in [-0.15, -0.1) is 0 Å². The van der Waals surface area contributed by atoms with Gasteiger partial charge in [0.2, 0.25) is 5.91 Å². The monoisotopic (exact) mass is 358 g/mol. The molecule has 5 heteroatoms. The summed E-state index contributed by atoms with van der Waals surface area (Å²) in [5.74, 6) is 0.765. The summed E-state index contributed by atoms with van der Waals surface area (Å²) in [6, 6.07) is 15.8. The quantitative estimate of drug-likeness (QED) is 0.750. The highest BCUT2D eigenvalue weighted by molar-refractivity contribution is 6.30. The fourth-order valence-corrected chi connectivity index (χ4v) is 3.17. The molecule has 0 unspecified atom stereocenters. The molecule has 2 N–H and O–H groups in total. The lowest BCUT2D eigenvalue weighted by Crippen LogP contribution is -2.33. The molecule has 132 valence electrons. The Hall–Kier alpha value is -2.20. The molecule has 1 fully saturated rings. The van der Waals surface area contributed by atoms with Gasteiger partial charge in [0, 0.05) is 29.9 Å². The normalized spacial score (nSPS) is 14.6. The molecular formula is C20H23ClN2O2. The van der Waals surface area contributed by atoms with Crippen LogP contribution in [0.4, 0.5) is 5.69 Å². The van der Waals surface area contributed by atoms with Gasteiger partial charge in [0.25, 0.3) is 0 Å². The van der Waals surface area contributed by atoms with Gasteiger partial charge in [-0.1, -0.05) is 41.9 Å². The van der Waals surface area contributed by atoms with E-state index < -0.39 is 0 Å². The second-order valence-electron chi connectivity index (χ2n) is 6.44. The molecular weight excluding hydrogens is 336 g/mol. The first-order chi connectivity index (χ1) is 12.1. The summed E-state index contributed by atoms with van der Waals surface area (Å²) in [6.45, 7) is 1.23. The Balaban J connectivity index is 1.46. The zero-order valence-corrected chi connectivity index (χ0v) is 15.1. The standard InChI is InChI=1S/C20H23ClN2O2/c1-25-18-8-7-16(21)13-17(18)22-12-9-19(24)23-14-20(10-11-20)15-5-3-2-4-6-15/h2-8,13,22H,9-12,14H2,1H3,(H,23,24). The molecule has 1 amide bonds. The van der Waals surface area contributed by atoms with Gasteiger partial charge in [0.05, 0.1) is 12.8 Å².